The van der Waals surface area contributed by atoms with Crippen LogP contribution in [-0.4, -0.2) is 22.2 Å². The summed E-state index contributed by atoms with van der Waals surface area (Å²) < 4.78 is 41.3. The van der Waals surface area contributed by atoms with E-state index < -0.39 is 12.3 Å². The summed E-state index contributed by atoms with van der Waals surface area (Å²) >= 11 is 0. The number of anilines is 1. The zero-order chi connectivity index (χ0) is 12.3. The molecule has 8 heteroatoms. The van der Waals surface area contributed by atoms with Crippen LogP contribution in [0.25, 0.3) is 0 Å². The number of alkyl halides is 3. The maximum Gasteiger partial charge on any atom is 0.425 e. The average Bonchev–Trinajstić information content (AvgIpc) is 2.15. The van der Waals surface area contributed by atoms with Crippen LogP contribution in [0.2, 0.25) is 0 Å². The predicted octanol–water partition coefficient (Wildman–Crippen LogP) is 1.40. The van der Waals surface area contributed by atoms with E-state index in [4.69, 9.17) is 5.84 Å². The Balaban J connectivity index is 2.85. The van der Waals surface area contributed by atoms with Gasteiger partial charge in [-0.15, -0.1) is 0 Å². The third kappa shape index (κ3) is 3.23. The van der Waals surface area contributed by atoms with Gasteiger partial charge in [0, 0.05) is 11.8 Å². The normalized spacial score (nSPS) is 13.4. The van der Waals surface area contributed by atoms with Crippen molar-refractivity contribution < 1.29 is 17.9 Å². The molecule has 5 nitrogen and oxygen atoms in total. The minimum Gasteiger partial charge on any atom is -0.465 e. The Morgan fingerprint density at radius 1 is 1.44 bits per heavy atom. The number of hydrogen-bond donors (Lipinski definition) is 2. The SMILES string of the molecule is Cc1cc(OC(C)C(F)(F)F)nc(NN)n1. The van der Waals surface area contributed by atoms with Gasteiger partial charge in [0.25, 0.3) is 0 Å². The van der Waals surface area contributed by atoms with Gasteiger partial charge in [0.2, 0.25) is 11.8 Å². The molecule has 1 aromatic rings. The van der Waals surface area contributed by atoms with Crippen LogP contribution < -0.4 is 16.0 Å². The average molecular weight is 236 g/mol. The van der Waals surface area contributed by atoms with Crippen LogP contribution in [0.3, 0.4) is 0 Å². The second-order valence-corrected chi connectivity index (χ2v) is 3.12. The first-order chi connectivity index (χ1) is 7.32. The Kier molecular flexibility index (Phi) is 3.53. The molecule has 1 rings (SSSR count). The predicted molar refractivity (Wildman–Crippen MR) is 50.7 cm³/mol. The molecule has 0 aliphatic heterocycles. The third-order valence-electron chi connectivity index (χ3n) is 1.72. The van der Waals surface area contributed by atoms with E-state index in [0.717, 1.165) is 6.92 Å². The molecule has 1 atom stereocenters. The summed E-state index contributed by atoms with van der Waals surface area (Å²) in [5.41, 5.74) is 2.59. The van der Waals surface area contributed by atoms with E-state index in [1.54, 1.807) is 6.92 Å². The Labute approximate surface area is 89.8 Å². The van der Waals surface area contributed by atoms with Gasteiger partial charge < -0.3 is 4.74 Å². The number of hydrogen-bond acceptors (Lipinski definition) is 5. The minimum absolute atomic E-state index is 0.00405. The maximum atomic E-state index is 12.2. The lowest BCUT2D eigenvalue weighted by atomic mass is 10.4. The summed E-state index contributed by atoms with van der Waals surface area (Å²) in [6.45, 7) is 2.49. The number of nitrogens with two attached hydrogens (primary N) is 1. The summed E-state index contributed by atoms with van der Waals surface area (Å²) in [6.07, 6.45) is -6.37. The molecular weight excluding hydrogens is 225 g/mol. The van der Waals surface area contributed by atoms with Gasteiger partial charge in [-0.05, 0) is 13.8 Å². The fourth-order valence-corrected chi connectivity index (χ4v) is 0.913. The van der Waals surface area contributed by atoms with Crippen molar-refractivity contribution in [3.63, 3.8) is 0 Å². The molecule has 0 fully saturated rings. The Hall–Kier alpha value is -1.57. The zero-order valence-electron chi connectivity index (χ0n) is 8.67. The van der Waals surface area contributed by atoms with Crippen molar-refractivity contribution in [1.82, 2.24) is 9.97 Å². The highest BCUT2D eigenvalue weighted by atomic mass is 19.4. The van der Waals surface area contributed by atoms with E-state index in [-0.39, 0.29) is 11.8 Å². The molecule has 0 saturated heterocycles. The summed E-state index contributed by atoms with van der Waals surface area (Å²) in [6, 6.07) is 1.29. The van der Waals surface area contributed by atoms with Crippen LogP contribution >= 0.6 is 0 Å². The summed E-state index contributed by atoms with van der Waals surface area (Å²) in [4.78, 5) is 7.45. The Bertz CT molecular complexity index is 369. The molecule has 0 bridgehead atoms. The highest BCUT2D eigenvalue weighted by Crippen LogP contribution is 2.24. The molecule has 0 spiro atoms. The second kappa shape index (κ2) is 4.52. The lowest BCUT2D eigenvalue weighted by Gasteiger charge is -2.17. The molecule has 1 heterocycles. The molecule has 0 radical (unpaired) electrons. The third-order valence-corrected chi connectivity index (χ3v) is 1.72. The molecule has 1 aromatic heterocycles. The smallest absolute Gasteiger partial charge is 0.425 e. The lowest BCUT2D eigenvalue weighted by molar-refractivity contribution is -0.189. The van der Waals surface area contributed by atoms with Crippen LogP contribution in [-0.2, 0) is 0 Å². The molecule has 3 N–H and O–H groups in total. The topological polar surface area (TPSA) is 73.1 Å². The molecule has 0 amide bonds. The van der Waals surface area contributed by atoms with Crippen molar-refractivity contribution >= 4 is 5.95 Å². The molecule has 16 heavy (non-hydrogen) atoms. The number of nitrogens with one attached hydrogen (secondary N) is 1. The number of halogens is 3. The van der Waals surface area contributed by atoms with Crippen LogP contribution in [0.15, 0.2) is 6.07 Å². The standard InChI is InChI=1S/C8H11F3N4O/c1-4-3-6(14-7(13-4)15-12)16-5(2)8(9,10)11/h3,5H,12H2,1-2H3,(H,13,14,15). The van der Waals surface area contributed by atoms with Crippen LogP contribution in [0.5, 0.6) is 5.88 Å². The number of aromatic nitrogens is 2. The van der Waals surface area contributed by atoms with E-state index >= 15 is 0 Å². The van der Waals surface area contributed by atoms with Gasteiger partial charge in [-0.25, -0.2) is 10.8 Å². The van der Waals surface area contributed by atoms with Crippen molar-refractivity contribution in [3.05, 3.63) is 11.8 Å². The minimum atomic E-state index is -4.44. The molecule has 1 unspecified atom stereocenters. The maximum absolute atomic E-state index is 12.2. The second-order valence-electron chi connectivity index (χ2n) is 3.12. The number of aryl methyl sites for hydroxylation is 1. The lowest BCUT2D eigenvalue weighted by Crippen LogP contribution is -2.31. The molecule has 0 aliphatic rings. The van der Waals surface area contributed by atoms with Crippen LogP contribution in [0.4, 0.5) is 19.1 Å². The fraction of sp³-hybridized carbons (Fsp3) is 0.500. The molecule has 0 aliphatic carbocycles. The first kappa shape index (κ1) is 12.5. The Morgan fingerprint density at radius 3 is 2.56 bits per heavy atom. The monoisotopic (exact) mass is 236 g/mol. The van der Waals surface area contributed by atoms with E-state index in [2.05, 4.69) is 20.1 Å². The number of nitrogen functional groups attached to an aromatic ring is 1. The van der Waals surface area contributed by atoms with Gasteiger partial charge >= 0.3 is 6.18 Å². The first-order valence-electron chi connectivity index (χ1n) is 4.38. The van der Waals surface area contributed by atoms with E-state index in [1.165, 1.54) is 6.07 Å². The van der Waals surface area contributed by atoms with Crippen molar-refractivity contribution in [1.29, 1.82) is 0 Å². The largest absolute Gasteiger partial charge is 0.465 e. The van der Waals surface area contributed by atoms with Crippen molar-refractivity contribution in [2.24, 2.45) is 5.84 Å². The van der Waals surface area contributed by atoms with Crippen molar-refractivity contribution in [2.75, 3.05) is 5.43 Å². The highest BCUT2D eigenvalue weighted by Gasteiger charge is 2.38. The van der Waals surface area contributed by atoms with Crippen molar-refractivity contribution in [2.45, 2.75) is 26.1 Å². The Morgan fingerprint density at radius 2 is 2.06 bits per heavy atom. The zero-order valence-corrected chi connectivity index (χ0v) is 8.67. The molecular formula is C8H11F3N4O. The number of nitrogens with zero attached hydrogens (tertiary/aromatic N) is 2. The summed E-state index contributed by atoms with van der Waals surface area (Å²) in [5.74, 6) is 4.88. The summed E-state index contributed by atoms with van der Waals surface area (Å²) in [5, 5.41) is 0. The van der Waals surface area contributed by atoms with Crippen LogP contribution in [0, 0.1) is 6.92 Å². The number of ether oxygens (including phenoxy) is 1. The van der Waals surface area contributed by atoms with Gasteiger partial charge in [-0.2, -0.15) is 18.2 Å². The quantitative estimate of drug-likeness (QED) is 0.613. The number of hydrazine groups is 1. The highest BCUT2D eigenvalue weighted by molar-refractivity contribution is 5.29. The molecule has 0 saturated carbocycles. The summed E-state index contributed by atoms with van der Waals surface area (Å²) in [7, 11) is 0. The molecule has 0 aromatic carbocycles. The van der Waals surface area contributed by atoms with E-state index in [9.17, 15) is 13.2 Å². The van der Waals surface area contributed by atoms with Gasteiger partial charge in [0.05, 0.1) is 0 Å². The van der Waals surface area contributed by atoms with Gasteiger partial charge in [0.15, 0.2) is 6.10 Å². The van der Waals surface area contributed by atoms with Gasteiger partial charge in [-0.1, -0.05) is 0 Å². The first-order valence-corrected chi connectivity index (χ1v) is 4.38. The van der Waals surface area contributed by atoms with Gasteiger partial charge in [0.1, 0.15) is 0 Å². The van der Waals surface area contributed by atoms with Crippen molar-refractivity contribution in [3.8, 4) is 5.88 Å². The van der Waals surface area contributed by atoms with Crippen LogP contribution in [0.1, 0.15) is 12.6 Å². The van der Waals surface area contributed by atoms with Gasteiger partial charge in [-0.3, -0.25) is 5.43 Å². The molecule has 90 valence electrons. The van der Waals surface area contributed by atoms with E-state index in [1.807, 2.05) is 0 Å². The fourth-order valence-electron chi connectivity index (χ4n) is 0.913. The van der Waals surface area contributed by atoms with E-state index in [0.29, 0.717) is 5.69 Å². The number of rotatable bonds is 3.